The fraction of sp³-hybridized carbons (Fsp3) is 0.360. The number of aromatic nitrogens is 2. The lowest BCUT2D eigenvalue weighted by Crippen LogP contribution is -2.48. The molecule has 1 aliphatic heterocycles. The Hall–Kier alpha value is -3.94. The van der Waals surface area contributed by atoms with Crippen molar-refractivity contribution in [2.45, 2.75) is 38.1 Å². The molecule has 0 radical (unpaired) electrons. The zero-order valence-corrected chi connectivity index (χ0v) is 20.1. The summed E-state index contributed by atoms with van der Waals surface area (Å²) < 4.78 is 84.5. The molecule has 0 bridgehead atoms. The molecule has 3 aromatic rings. The van der Waals surface area contributed by atoms with Crippen molar-refractivity contribution in [1.29, 1.82) is 0 Å². The van der Waals surface area contributed by atoms with Crippen molar-refractivity contribution in [1.82, 2.24) is 14.9 Å². The van der Waals surface area contributed by atoms with Crippen molar-refractivity contribution >= 4 is 28.7 Å². The second-order valence-corrected chi connectivity index (χ2v) is 9.64. The third kappa shape index (κ3) is 4.73. The Bertz CT molecular complexity index is 1550. The third-order valence-electron chi connectivity index (χ3n) is 6.91. The second-order valence-electron chi connectivity index (χ2n) is 9.64. The number of hydrogen-bond acceptors (Lipinski definition) is 5. The molecule has 3 heterocycles. The maximum absolute atomic E-state index is 14.9. The fourth-order valence-corrected chi connectivity index (χ4v) is 4.61. The van der Waals surface area contributed by atoms with Crippen molar-refractivity contribution in [3.05, 3.63) is 63.7 Å². The summed E-state index contributed by atoms with van der Waals surface area (Å²) in [6, 6.07) is 0.722. The molecule has 5 rings (SSSR count). The molecule has 3 unspecified atom stereocenters. The van der Waals surface area contributed by atoms with E-state index >= 15 is 0 Å². The number of carbonyl (C=O) groups is 2. The van der Waals surface area contributed by atoms with E-state index in [-0.39, 0.29) is 25.2 Å². The lowest BCUT2D eigenvalue weighted by molar-refractivity contribution is -0.158. The molecule has 39 heavy (non-hydrogen) atoms. The highest BCUT2D eigenvalue weighted by molar-refractivity contribution is 5.99. The standard InChI is InChI=1S/C25H20F6N4O4/c1-10-17(36)9-34(24(10)39)18-5-4-13-20(37)14(23(38)33-21(11-2-3-11)25(29,30)31)8-35(22(13)32-18)19-15(27)6-12(26)7-16(19)28/h4-8,10-11,17,21,36H,2-3,9H2,1H3,(H,33,38). The molecule has 1 aromatic carbocycles. The van der Waals surface area contributed by atoms with Crippen LogP contribution in [0.1, 0.15) is 30.1 Å². The van der Waals surface area contributed by atoms with Crippen LogP contribution in [-0.4, -0.2) is 51.3 Å². The second kappa shape index (κ2) is 9.36. The molecule has 2 N–H and O–H groups in total. The summed E-state index contributed by atoms with van der Waals surface area (Å²) in [4.78, 5) is 44.0. The minimum atomic E-state index is -4.80. The van der Waals surface area contributed by atoms with Crippen molar-refractivity contribution in [3.63, 3.8) is 0 Å². The molecule has 0 spiro atoms. The first-order valence-electron chi connectivity index (χ1n) is 11.9. The Morgan fingerprint density at radius 1 is 1.13 bits per heavy atom. The maximum atomic E-state index is 14.9. The van der Waals surface area contributed by atoms with Gasteiger partial charge in [-0.1, -0.05) is 6.92 Å². The number of aliphatic hydroxyl groups excluding tert-OH is 1. The monoisotopic (exact) mass is 554 g/mol. The van der Waals surface area contributed by atoms with Crippen LogP contribution in [0.25, 0.3) is 16.7 Å². The largest absolute Gasteiger partial charge is 0.408 e. The zero-order chi connectivity index (χ0) is 28.4. The van der Waals surface area contributed by atoms with Gasteiger partial charge in [0, 0.05) is 18.3 Å². The Kier molecular flexibility index (Phi) is 6.40. The molecular formula is C25H20F6N4O4. The molecule has 2 fully saturated rings. The van der Waals surface area contributed by atoms with Crippen LogP contribution in [0.15, 0.2) is 35.3 Å². The van der Waals surface area contributed by atoms with Crippen molar-refractivity contribution in [2.75, 3.05) is 11.4 Å². The van der Waals surface area contributed by atoms with E-state index < -0.39 is 87.1 Å². The van der Waals surface area contributed by atoms with Gasteiger partial charge in [-0.2, -0.15) is 13.2 Å². The first-order chi connectivity index (χ1) is 18.3. The quantitative estimate of drug-likeness (QED) is 0.472. The number of rotatable bonds is 5. The predicted octanol–water partition coefficient (Wildman–Crippen LogP) is 3.22. The summed E-state index contributed by atoms with van der Waals surface area (Å²) in [5, 5.41) is 11.4. The average Bonchev–Trinajstić information content (AvgIpc) is 3.65. The number of anilines is 1. The van der Waals surface area contributed by atoms with Crippen LogP contribution in [0.2, 0.25) is 0 Å². The van der Waals surface area contributed by atoms with Crippen LogP contribution < -0.4 is 15.6 Å². The van der Waals surface area contributed by atoms with E-state index in [9.17, 15) is 45.8 Å². The zero-order valence-electron chi connectivity index (χ0n) is 20.1. The third-order valence-corrected chi connectivity index (χ3v) is 6.91. The number of pyridine rings is 2. The van der Waals surface area contributed by atoms with E-state index in [4.69, 9.17) is 0 Å². The number of carbonyl (C=O) groups excluding carboxylic acids is 2. The number of fused-ring (bicyclic) bond motifs is 1. The number of nitrogens with zero attached hydrogens (tertiary/aromatic N) is 3. The number of β-amino-alcohol motifs (C(OH)–C–C–N with tert-alkyl or cyclic N) is 1. The molecule has 1 saturated heterocycles. The molecule has 3 atom stereocenters. The molecule has 2 aliphatic rings. The van der Waals surface area contributed by atoms with Gasteiger partial charge in [0.25, 0.3) is 5.91 Å². The van der Waals surface area contributed by atoms with Crippen LogP contribution in [-0.2, 0) is 4.79 Å². The molecule has 8 nitrogen and oxygen atoms in total. The van der Waals surface area contributed by atoms with E-state index in [1.54, 1.807) is 5.32 Å². The van der Waals surface area contributed by atoms with Gasteiger partial charge in [-0.3, -0.25) is 23.9 Å². The topological polar surface area (TPSA) is 105 Å². The van der Waals surface area contributed by atoms with E-state index in [2.05, 4.69) is 4.98 Å². The molecule has 2 amide bonds. The molecular weight excluding hydrogens is 534 g/mol. The molecule has 1 saturated carbocycles. The van der Waals surface area contributed by atoms with E-state index in [0.717, 1.165) is 11.0 Å². The summed E-state index contributed by atoms with van der Waals surface area (Å²) in [6.45, 7) is 1.32. The Labute approximate surface area is 215 Å². The van der Waals surface area contributed by atoms with Gasteiger partial charge in [0.15, 0.2) is 17.3 Å². The van der Waals surface area contributed by atoms with Crippen molar-refractivity contribution in [3.8, 4) is 5.69 Å². The van der Waals surface area contributed by atoms with Gasteiger partial charge < -0.3 is 10.4 Å². The predicted molar refractivity (Wildman–Crippen MR) is 125 cm³/mol. The fourth-order valence-electron chi connectivity index (χ4n) is 4.61. The Balaban J connectivity index is 1.70. The van der Waals surface area contributed by atoms with E-state index in [1.807, 2.05) is 0 Å². The van der Waals surface area contributed by atoms with Crippen LogP contribution in [0.3, 0.4) is 0 Å². The number of alkyl halides is 3. The lowest BCUT2D eigenvalue weighted by Gasteiger charge is -2.22. The maximum Gasteiger partial charge on any atom is 0.408 e. The van der Waals surface area contributed by atoms with Gasteiger partial charge in [0.05, 0.1) is 24.0 Å². The highest BCUT2D eigenvalue weighted by Crippen LogP contribution is 2.40. The minimum absolute atomic E-state index is 0.102. The summed E-state index contributed by atoms with van der Waals surface area (Å²) in [5.41, 5.74) is -3.37. The normalized spacial score (nSPS) is 20.5. The van der Waals surface area contributed by atoms with E-state index in [0.29, 0.717) is 22.9 Å². The molecule has 2 aromatic heterocycles. The lowest BCUT2D eigenvalue weighted by atomic mass is 10.1. The van der Waals surface area contributed by atoms with Gasteiger partial charge in [0.2, 0.25) is 11.3 Å². The number of amides is 2. The Morgan fingerprint density at radius 3 is 2.31 bits per heavy atom. The van der Waals surface area contributed by atoms with Gasteiger partial charge in [-0.05, 0) is 30.9 Å². The summed E-state index contributed by atoms with van der Waals surface area (Å²) >= 11 is 0. The Morgan fingerprint density at radius 2 is 1.77 bits per heavy atom. The minimum Gasteiger partial charge on any atom is -0.390 e. The number of hydrogen-bond donors (Lipinski definition) is 2. The van der Waals surface area contributed by atoms with Crippen LogP contribution >= 0.6 is 0 Å². The molecule has 14 heteroatoms. The van der Waals surface area contributed by atoms with Gasteiger partial charge in [-0.15, -0.1) is 0 Å². The first-order valence-corrected chi connectivity index (χ1v) is 11.9. The number of aliphatic hydroxyl groups is 1. The number of nitrogens with one attached hydrogen (secondary N) is 1. The molecule has 206 valence electrons. The highest BCUT2D eigenvalue weighted by atomic mass is 19.4. The van der Waals surface area contributed by atoms with Gasteiger partial charge in [-0.25, -0.2) is 18.2 Å². The number of halogens is 6. The average molecular weight is 554 g/mol. The first kappa shape index (κ1) is 26.7. The number of benzene rings is 1. The summed E-state index contributed by atoms with van der Waals surface area (Å²) in [6.07, 6.45) is -4.79. The van der Waals surface area contributed by atoms with Crippen molar-refractivity contribution in [2.24, 2.45) is 11.8 Å². The van der Waals surface area contributed by atoms with Crippen LogP contribution in [0, 0.1) is 29.3 Å². The molecule has 1 aliphatic carbocycles. The van der Waals surface area contributed by atoms with Crippen LogP contribution in [0.5, 0.6) is 0 Å². The van der Waals surface area contributed by atoms with Crippen LogP contribution in [0.4, 0.5) is 32.2 Å². The van der Waals surface area contributed by atoms with Gasteiger partial charge >= 0.3 is 6.18 Å². The van der Waals surface area contributed by atoms with Gasteiger partial charge in [0.1, 0.15) is 28.9 Å². The SMILES string of the molecule is CC1C(=O)N(c2ccc3c(=O)c(C(=O)NC(C4CC4)C(F)(F)F)cn(-c4c(F)cc(F)cc4F)c3n2)CC1O. The summed E-state index contributed by atoms with van der Waals surface area (Å²) in [5.74, 6) is -7.88. The smallest absolute Gasteiger partial charge is 0.390 e. The van der Waals surface area contributed by atoms with Crippen molar-refractivity contribution < 1.29 is 41.0 Å². The van der Waals surface area contributed by atoms with E-state index in [1.165, 1.54) is 13.0 Å². The summed E-state index contributed by atoms with van der Waals surface area (Å²) in [7, 11) is 0. The highest BCUT2D eigenvalue weighted by Gasteiger charge is 2.50.